The van der Waals surface area contributed by atoms with Crippen LogP contribution in [0.1, 0.15) is 13.8 Å². The Morgan fingerprint density at radius 2 is 1.40 bits per heavy atom. The van der Waals surface area contributed by atoms with Crippen molar-refractivity contribution in [3.05, 3.63) is 25.3 Å². The second-order valence-corrected chi connectivity index (χ2v) is 2.85. The first-order valence-corrected chi connectivity index (χ1v) is 4.51. The van der Waals surface area contributed by atoms with Crippen LogP contribution in [0.25, 0.3) is 0 Å². The van der Waals surface area contributed by atoms with Gasteiger partial charge in [-0.1, -0.05) is 13.2 Å². The molecule has 5 heteroatoms. The molecule has 0 spiro atoms. The Labute approximate surface area is 89.2 Å². The van der Waals surface area contributed by atoms with Crippen LogP contribution in [0.2, 0.25) is 0 Å². The summed E-state index contributed by atoms with van der Waals surface area (Å²) in [6, 6.07) is 0. The van der Waals surface area contributed by atoms with E-state index in [1.807, 2.05) is 0 Å². The van der Waals surface area contributed by atoms with Gasteiger partial charge in [-0.3, -0.25) is 9.59 Å². The van der Waals surface area contributed by atoms with Crippen molar-refractivity contribution in [1.29, 1.82) is 0 Å². The second kappa shape index (κ2) is 6.78. The van der Waals surface area contributed by atoms with E-state index in [1.165, 1.54) is 0 Å². The minimum absolute atomic E-state index is 0.329. The number of ether oxygens (including phenoxy) is 1. The van der Waals surface area contributed by atoms with Crippen molar-refractivity contribution in [3.8, 4) is 0 Å². The molecule has 0 aliphatic rings. The molecule has 0 bridgehead atoms. The largest absolute Gasteiger partial charge is 0.336 e. The maximum absolute atomic E-state index is 10.9. The number of amides is 2. The smallest absolute Gasteiger partial charge is 0.245 e. The van der Waals surface area contributed by atoms with Crippen LogP contribution in [0.3, 0.4) is 0 Å². The Morgan fingerprint density at radius 1 is 1.07 bits per heavy atom. The highest BCUT2D eigenvalue weighted by Crippen LogP contribution is 1.92. The fraction of sp³-hybridized carbons (Fsp3) is 0.400. The van der Waals surface area contributed by atoms with Crippen molar-refractivity contribution in [3.63, 3.8) is 0 Å². The van der Waals surface area contributed by atoms with Crippen molar-refractivity contribution >= 4 is 11.8 Å². The summed E-state index contributed by atoms with van der Waals surface area (Å²) < 4.78 is 5.24. The number of rotatable bonds is 6. The highest BCUT2D eigenvalue weighted by atomic mass is 16.5. The molecule has 2 unspecified atom stereocenters. The monoisotopic (exact) mass is 212 g/mol. The Balaban J connectivity index is 3.89. The maximum atomic E-state index is 10.9. The van der Waals surface area contributed by atoms with Gasteiger partial charge in [0.1, 0.15) is 12.5 Å². The second-order valence-electron chi connectivity index (χ2n) is 2.85. The van der Waals surface area contributed by atoms with E-state index >= 15 is 0 Å². The van der Waals surface area contributed by atoms with E-state index in [4.69, 9.17) is 4.74 Å². The third-order valence-electron chi connectivity index (χ3n) is 1.47. The van der Waals surface area contributed by atoms with Gasteiger partial charge in [-0.25, -0.2) is 0 Å². The summed E-state index contributed by atoms with van der Waals surface area (Å²) in [5.41, 5.74) is 0. The highest BCUT2D eigenvalue weighted by molar-refractivity contribution is 5.87. The van der Waals surface area contributed by atoms with Crippen LogP contribution in [0, 0.1) is 0 Å². The van der Waals surface area contributed by atoms with E-state index in [2.05, 4.69) is 23.8 Å². The van der Waals surface area contributed by atoms with Gasteiger partial charge in [0.15, 0.2) is 0 Å². The van der Waals surface area contributed by atoms with Gasteiger partial charge in [0.05, 0.1) is 0 Å². The molecule has 0 aliphatic heterocycles. The number of carbonyl (C=O) groups is 2. The summed E-state index contributed by atoms with van der Waals surface area (Å²) in [5, 5.41) is 4.99. The molecule has 2 amide bonds. The topological polar surface area (TPSA) is 67.4 Å². The van der Waals surface area contributed by atoms with Crippen LogP contribution in [0.5, 0.6) is 0 Å². The van der Waals surface area contributed by atoms with Crippen molar-refractivity contribution in [1.82, 2.24) is 10.6 Å². The standard InChI is InChI=1S/C10H16N2O3/c1-5-9(13)11-7(3)15-8(4)12-10(14)6-2/h5-8H,1-2H2,3-4H3,(H,11,13)(H,12,14). The molecule has 0 saturated carbocycles. The predicted octanol–water partition coefficient (Wildman–Crippen LogP) is 0.299. The summed E-state index contributed by atoms with van der Waals surface area (Å²) >= 11 is 0. The van der Waals surface area contributed by atoms with E-state index in [0.29, 0.717) is 0 Å². The first kappa shape index (κ1) is 13.4. The fourth-order valence-corrected chi connectivity index (χ4v) is 0.893. The Hall–Kier alpha value is -1.62. The maximum Gasteiger partial charge on any atom is 0.245 e. The van der Waals surface area contributed by atoms with Crippen LogP contribution in [0.4, 0.5) is 0 Å². The lowest BCUT2D eigenvalue weighted by Crippen LogP contribution is -2.41. The van der Waals surface area contributed by atoms with Gasteiger partial charge in [-0.05, 0) is 26.0 Å². The Bertz CT molecular complexity index is 237. The minimum atomic E-state index is -0.504. The molecule has 0 fully saturated rings. The van der Waals surface area contributed by atoms with Gasteiger partial charge in [-0.15, -0.1) is 0 Å². The summed E-state index contributed by atoms with van der Waals surface area (Å²) in [6.07, 6.45) is 1.28. The van der Waals surface area contributed by atoms with Crippen LogP contribution in [-0.2, 0) is 14.3 Å². The highest BCUT2D eigenvalue weighted by Gasteiger charge is 2.10. The molecule has 0 aromatic rings. The van der Waals surface area contributed by atoms with Crippen molar-refractivity contribution in [2.45, 2.75) is 26.3 Å². The Kier molecular flexibility index (Phi) is 6.05. The zero-order valence-electron chi connectivity index (χ0n) is 8.95. The molecule has 0 radical (unpaired) electrons. The lowest BCUT2D eigenvalue weighted by atomic mass is 10.5. The predicted molar refractivity (Wildman–Crippen MR) is 56.7 cm³/mol. The quantitative estimate of drug-likeness (QED) is 0.491. The zero-order chi connectivity index (χ0) is 11.8. The summed E-state index contributed by atoms with van der Waals surface area (Å²) in [5.74, 6) is -0.658. The molecule has 0 heterocycles. The molecule has 5 nitrogen and oxygen atoms in total. The Morgan fingerprint density at radius 3 is 1.67 bits per heavy atom. The number of hydrogen-bond acceptors (Lipinski definition) is 3. The van der Waals surface area contributed by atoms with Crippen LogP contribution < -0.4 is 10.6 Å². The van der Waals surface area contributed by atoms with Crippen LogP contribution in [0.15, 0.2) is 25.3 Å². The van der Waals surface area contributed by atoms with Crippen molar-refractivity contribution < 1.29 is 14.3 Å². The van der Waals surface area contributed by atoms with E-state index in [9.17, 15) is 9.59 Å². The number of nitrogens with one attached hydrogen (secondary N) is 2. The van der Waals surface area contributed by atoms with Gasteiger partial charge in [0.25, 0.3) is 0 Å². The lowest BCUT2D eigenvalue weighted by Gasteiger charge is -2.19. The minimum Gasteiger partial charge on any atom is -0.336 e. The van der Waals surface area contributed by atoms with E-state index in [1.54, 1.807) is 13.8 Å². The molecule has 84 valence electrons. The lowest BCUT2D eigenvalue weighted by molar-refractivity contribution is -0.126. The molecule has 0 aromatic carbocycles. The van der Waals surface area contributed by atoms with Crippen molar-refractivity contribution in [2.75, 3.05) is 0 Å². The normalized spacial score (nSPS) is 13.5. The molecule has 2 N–H and O–H groups in total. The van der Waals surface area contributed by atoms with Gasteiger partial charge >= 0.3 is 0 Å². The van der Waals surface area contributed by atoms with E-state index in [0.717, 1.165) is 12.2 Å². The molecular weight excluding hydrogens is 196 g/mol. The molecule has 15 heavy (non-hydrogen) atoms. The molecular formula is C10H16N2O3. The molecule has 2 atom stereocenters. The van der Waals surface area contributed by atoms with Crippen molar-refractivity contribution in [2.24, 2.45) is 0 Å². The van der Waals surface area contributed by atoms with Gasteiger partial charge in [-0.2, -0.15) is 0 Å². The molecule has 0 aliphatic carbocycles. The molecule has 0 aromatic heterocycles. The molecule has 0 rings (SSSR count). The van der Waals surface area contributed by atoms with E-state index < -0.39 is 12.5 Å². The average molecular weight is 212 g/mol. The fourth-order valence-electron chi connectivity index (χ4n) is 0.893. The average Bonchev–Trinajstić information content (AvgIpc) is 2.16. The third kappa shape index (κ3) is 6.45. The molecule has 0 saturated heterocycles. The first-order chi connectivity index (χ1) is 6.99. The summed E-state index contributed by atoms with van der Waals surface area (Å²) in [4.78, 5) is 21.7. The first-order valence-electron chi connectivity index (χ1n) is 4.51. The van der Waals surface area contributed by atoms with Crippen LogP contribution >= 0.6 is 0 Å². The number of hydrogen-bond donors (Lipinski definition) is 2. The SMILES string of the molecule is C=CC(=O)NC(C)OC(C)NC(=O)C=C. The van der Waals surface area contributed by atoms with Gasteiger partial charge < -0.3 is 15.4 Å². The third-order valence-corrected chi connectivity index (χ3v) is 1.47. The summed E-state index contributed by atoms with van der Waals surface area (Å²) in [6.45, 7) is 9.91. The van der Waals surface area contributed by atoms with Gasteiger partial charge in [0, 0.05) is 0 Å². The van der Waals surface area contributed by atoms with Crippen LogP contribution in [-0.4, -0.2) is 24.3 Å². The number of carbonyl (C=O) groups excluding carboxylic acids is 2. The summed E-state index contributed by atoms with van der Waals surface area (Å²) in [7, 11) is 0. The van der Waals surface area contributed by atoms with E-state index in [-0.39, 0.29) is 11.8 Å². The van der Waals surface area contributed by atoms with Gasteiger partial charge in [0.2, 0.25) is 11.8 Å². The zero-order valence-corrected chi connectivity index (χ0v) is 8.95.